The van der Waals surface area contributed by atoms with Crippen LogP contribution in [0.25, 0.3) is 10.8 Å². The summed E-state index contributed by atoms with van der Waals surface area (Å²) in [6.45, 7) is 0. The SMILES string of the molecule is CS(=O)(=O)c1ccc(C#N)cc1C(=O)Nc1ccc2cnccc2c1. The monoisotopic (exact) mass is 351 g/mol. The van der Waals surface area contributed by atoms with Crippen molar-refractivity contribution in [1.82, 2.24) is 4.98 Å². The summed E-state index contributed by atoms with van der Waals surface area (Å²) in [4.78, 5) is 16.5. The summed E-state index contributed by atoms with van der Waals surface area (Å²) in [5.41, 5.74) is 0.670. The Morgan fingerprint density at radius 1 is 1.12 bits per heavy atom. The lowest BCUT2D eigenvalue weighted by atomic mass is 10.1. The molecule has 7 heteroatoms. The number of sulfone groups is 1. The zero-order valence-corrected chi connectivity index (χ0v) is 14.0. The number of fused-ring (bicyclic) bond motifs is 1. The number of benzene rings is 2. The molecule has 0 radical (unpaired) electrons. The van der Waals surface area contributed by atoms with E-state index in [9.17, 15) is 13.2 Å². The van der Waals surface area contributed by atoms with Crippen molar-refractivity contribution >= 4 is 32.2 Å². The van der Waals surface area contributed by atoms with E-state index in [1.54, 1.807) is 30.6 Å². The topological polar surface area (TPSA) is 99.9 Å². The van der Waals surface area contributed by atoms with Crippen molar-refractivity contribution in [3.63, 3.8) is 0 Å². The molecule has 3 rings (SSSR count). The number of anilines is 1. The molecule has 6 nitrogen and oxygen atoms in total. The number of nitriles is 1. The number of carbonyl (C=O) groups is 1. The summed E-state index contributed by atoms with van der Waals surface area (Å²) < 4.78 is 23.8. The molecule has 0 atom stereocenters. The molecule has 25 heavy (non-hydrogen) atoms. The number of nitrogens with zero attached hydrogens (tertiary/aromatic N) is 2. The predicted molar refractivity (Wildman–Crippen MR) is 94.0 cm³/mol. The Hall–Kier alpha value is -3.24. The highest BCUT2D eigenvalue weighted by Crippen LogP contribution is 2.22. The maximum Gasteiger partial charge on any atom is 0.257 e. The van der Waals surface area contributed by atoms with Crippen LogP contribution in [0.2, 0.25) is 0 Å². The van der Waals surface area contributed by atoms with Gasteiger partial charge in [0, 0.05) is 29.7 Å². The first kappa shape index (κ1) is 16.6. The number of amides is 1. The number of pyridine rings is 1. The fraction of sp³-hybridized carbons (Fsp3) is 0.0556. The summed E-state index contributed by atoms with van der Waals surface area (Å²) in [7, 11) is -3.61. The number of carbonyl (C=O) groups excluding carboxylic acids is 1. The smallest absolute Gasteiger partial charge is 0.257 e. The van der Waals surface area contributed by atoms with Crippen molar-refractivity contribution in [2.45, 2.75) is 4.90 Å². The third-order valence-corrected chi connectivity index (χ3v) is 4.81. The Kier molecular flexibility index (Phi) is 4.21. The Morgan fingerprint density at radius 2 is 1.92 bits per heavy atom. The Labute approximate surface area is 144 Å². The first-order chi connectivity index (χ1) is 11.9. The number of hydrogen-bond donors (Lipinski definition) is 1. The van der Waals surface area contributed by atoms with Crippen molar-refractivity contribution in [3.8, 4) is 6.07 Å². The van der Waals surface area contributed by atoms with Gasteiger partial charge in [0.05, 0.1) is 22.1 Å². The molecule has 1 amide bonds. The first-order valence-corrected chi connectivity index (χ1v) is 9.17. The van der Waals surface area contributed by atoms with Crippen molar-refractivity contribution in [1.29, 1.82) is 5.26 Å². The lowest BCUT2D eigenvalue weighted by Crippen LogP contribution is -2.16. The summed E-state index contributed by atoms with van der Waals surface area (Å²) in [5, 5.41) is 13.5. The van der Waals surface area contributed by atoms with Gasteiger partial charge in [0.15, 0.2) is 9.84 Å². The van der Waals surface area contributed by atoms with Crippen molar-refractivity contribution in [2.75, 3.05) is 11.6 Å². The summed E-state index contributed by atoms with van der Waals surface area (Å²) >= 11 is 0. The fourth-order valence-electron chi connectivity index (χ4n) is 2.46. The molecular weight excluding hydrogens is 338 g/mol. The highest BCUT2D eigenvalue weighted by Gasteiger charge is 2.19. The van der Waals surface area contributed by atoms with Crippen LogP contribution < -0.4 is 5.32 Å². The molecule has 1 aromatic heterocycles. The number of aromatic nitrogens is 1. The molecule has 0 aliphatic carbocycles. The van der Waals surface area contributed by atoms with Gasteiger partial charge in [-0.25, -0.2) is 8.42 Å². The Balaban J connectivity index is 2.01. The predicted octanol–water partition coefficient (Wildman–Crippen LogP) is 2.76. The van der Waals surface area contributed by atoms with Crippen LogP contribution in [-0.2, 0) is 9.84 Å². The largest absolute Gasteiger partial charge is 0.322 e. The minimum Gasteiger partial charge on any atom is -0.322 e. The molecule has 2 aromatic carbocycles. The van der Waals surface area contributed by atoms with E-state index >= 15 is 0 Å². The molecule has 124 valence electrons. The van der Waals surface area contributed by atoms with Crippen LogP contribution in [0.4, 0.5) is 5.69 Å². The van der Waals surface area contributed by atoms with Gasteiger partial charge in [-0.3, -0.25) is 9.78 Å². The second kappa shape index (κ2) is 6.34. The number of rotatable bonds is 3. The average Bonchev–Trinajstić information content (AvgIpc) is 2.60. The van der Waals surface area contributed by atoms with E-state index in [4.69, 9.17) is 5.26 Å². The molecule has 0 saturated carbocycles. The average molecular weight is 351 g/mol. The van der Waals surface area contributed by atoms with Crippen molar-refractivity contribution < 1.29 is 13.2 Å². The van der Waals surface area contributed by atoms with Gasteiger partial charge in [-0.1, -0.05) is 6.07 Å². The van der Waals surface area contributed by atoms with Gasteiger partial charge in [0.2, 0.25) is 0 Å². The molecule has 0 unspecified atom stereocenters. The molecule has 0 spiro atoms. The highest BCUT2D eigenvalue weighted by molar-refractivity contribution is 7.90. The molecular formula is C18H13N3O3S. The third kappa shape index (κ3) is 3.49. The molecule has 1 heterocycles. The van der Waals surface area contributed by atoms with Crippen LogP contribution >= 0.6 is 0 Å². The second-order valence-corrected chi connectivity index (χ2v) is 7.47. The van der Waals surface area contributed by atoms with E-state index in [1.165, 1.54) is 18.2 Å². The lowest BCUT2D eigenvalue weighted by Gasteiger charge is -2.10. The van der Waals surface area contributed by atoms with Crippen molar-refractivity contribution in [3.05, 3.63) is 66.0 Å². The van der Waals surface area contributed by atoms with Gasteiger partial charge in [-0.2, -0.15) is 5.26 Å². The summed E-state index contributed by atoms with van der Waals surface area (Å²) in [5.74, 6) is -0.592. The molecule has 0 aliphatic heterocycles. The standard InChI is InChI=1S/C18H13N3O3S/c1-25(23,24)17-5-2-12(10-19)8-16(17)18(22)21-15-4-3-14-11-20-7-6-13(14)9-15/h2-9,11H,1H3,(H,21,22). The quantitative estimate of drug-likeness (QED) is 0.782. The van der Waals surface area contributed by atoms with Gasteiger partial charge < -0.3 is 5.32 Å². The van der Waals surface area contributed by atoms with Gasteiger partial charge in [-0.15, -0.1) is 0 Å². The molecule has 0 fully saturated rings. The van der Waals surface area contributed by atoms with E-state index in [-0.39, 0.29) is 16.0 Å². The maximum absolute atomic E-state index is 12.6. The normalized spacial score (nSPS) is 11.0. The maximum atomic E-state index is 12.6. The van der Waals surface area contributed by atoms with E-state index < -0.39 is 15.7 Å². The zero-order valence-electron chi connectivity index (χ0n) is 13.2. The van der Waals surface area contributed by atoms with Crippen molar-refractivity contribution in [2.24, 2.45) is 0 Å². The zero-order chi connectivity index (χ0) is 18.0. The summed E-state index contributed by atoms with van der Waals surface area (Å²) in [6.07, 6.45) is 4.37. The highest BCUT2D eigenvalue weighted by atomic mass is 32.2. The van der Waals surface area contributed by atoms with Gasteiger partial charge >= 0.3 is 0 Å². The summed E-state index contributed by atoms with van der Waals surface area (Å²) in [6, 6.07) is 12.9. The van der Waals surface area contributed by atoms with Crippen LogP contribution in [0, 0.1) is 11.3 Å². The Morgan fingerprint density at radius 3 is 2.64 bits per heavy atom. The third-order valence-electron chi connectivity index (χ3n) is 3.65. The molecule has 0 aliphatic rings. The minimum atomic E-state index is -3.61. The molecule has 3 aromatic rings. The first-order valence-electron chi connectivity index (χ1n) is 7.28. The van der Waals surface area contributed by atoms with Crippen LogP contribution in [-0.4, -0.2) is 25.6 Å². The van der Waals surface area contributed by atoms with E-state index in [0.717, 1.165) is 17.0 Å². The molecule has 0 bridgehead atoms. The second-order valence-electron chi connectivity index (χ2n) is 5.49. The lowest BCUT2D eigenvalue weighted by molar-refractivity contribution is 0.102. The fourth-order valence-corrected chi connectivity index (χ4v) is 3.33. The molecule has 1 N–H and O–H groups in total. The van der Waals surface area contributed by atoms with Gasteiger partial charge in [0.1, 0.15) is 0 Å². The van der Waals surface area contributed by atoms with Crippen LogP contribution in [0.1, 0.15) is 15.9 Å². The number of hydrogen-bond acceptors (Lipinski definition) is 5. The van der Waals surface area contributed by atoms with Crippen LogP contribution in [0.5, 0.6) is 0 Å². The van der Waals surface area contributed by atoms with E-state index in [1.807, 2.05) is 12.1 Å². The minimum absolute atomic E-state index is 0.0589. The van der Waals surface area contributed by atoms with Gasteiger partial charge in [-0.05, 0) is 41.8 Å². The number of nitrogens with one attached hydrogen (secondary N) is 1. The molecule has 0 saturated heterocycles. The Bertz CT molecular complexity index is 1130. The van der Waals surface area contributed by atoms with E-state index in [2.05, 4.69) is 10.3 Å². The van der Waals surface area contributed by atoms with E-state index in [0.29, 0.717) is 5.69 Å². The van der Waals surface area contributed by atoms with Crippen LogP contribution in [0.3, 0.4) is 0 Å². The van der Waals surface area contributed by atoms with Crippen LogP contribution in [0.15, 0.2) is 59.8 Å². The van der Waals surface area contributed by atoms with Gasteiger partial charge in [0.25, 0.3) is 5.91 Å².